The Morgan fingerprint density at radius 1 is 1.28 bits per heavy atom. The Hall–Kier alpha value is -1.82. The highest BCUT2D eigenvalue weighted by Crippen LogP contribution is 2.39. The van der Waals surface area contributed by atoms with Crippen molar-refractivity contribution in [2.45, 2.75) is 69.6 Å². The number of piperidine rings is 1. The van der Waals surface area contributed by atoms with E-state index >= 15 is 0 Å². The molecule has 1 amide bonds. The first-order chi connectivity index (χ1) is 15.2. The highest BCUT2D eigenvalue weighted by atomic mass is 32.2. The molecule has 1 saturated heterocycles. The first-order valence-electron chi connectivity index (χ1n) is 11.3. The van der Waals surface area contributed by atoms with Gasteiger partial charge in [0.25, 0.3) is 0 Å². The Bertz CT molecular complexity index is 946. The van der Waals surface area contributed by atoms with Crippen molar-refractivity contribution >= 4 is 27.7 Å². The van der Waals surface area contributed by atoms with E-state index < -0.39 is 15.6 Å². The van der Waals surface area contributed by atoms with Gasteiger partial charge in [0, 0.05) is 44.4 Å². The van der Waals surface area contributed by atoms with E-state index in [1.807, 2.05) is 0 Å². The molecule has 2 aliphatic heterocycles. The monoisotopic (exact) mass is 467 g/mol. The number of carbonyl (C=O) groups excluding carboxylic acids is 1. The summed E-state index contributed by atoms with van der Waals surface area (Å²) in [5, 5.41) is 14.1. The fraction of sp³-hybridized carbons (Fsp3) is 0.762. The van der Waals surface area contributed by atoms with Crippen LogP contribution in [-0.2, 0) is 26.0 Å². The number of carbonyl (C=O) groups is 1. The molecule has 2 fully saturated rings. The molecule has 32 heavy (non-hydrogen) atoms. The molecule has 178 valence electrons. The zero-order valence-corrected chi connectivity index (χ0v) is 19.6. The van der Waals surface area contributed by atoms with Gasteiger partial charge in [0.1, 0.15) is 5.82 Å². The maximum atomic E-state index is 12.8. The van der Waals surface area contributed by atoms with Crippen molar-refractivity contribution in [3.63, 3.8) is 0 Å². The SMILES string of the molecule is COCCS(=O)(=O)N1CCC(Nc2ncc3c(n2)N([C@H]2CCC[C@]2(C)O)C(=O)CC3)CC1. The van der Waals surface area contributed by atoms with Crippen LogP contribution in [0.1, 0.15) is 51.0 Å². The summed E-state index contributed by atoms with van der Waals surface area (Å²) >= 11 is 0. The molecule has 3 heterocycles. The minimum absolute atomic E-state index is 0.00959. The molecule has 1 saturated carbocycles. The molecule has 11 heteroatoms. The summed E-state index contributed by atoms with van der Waals surface area (Å²) in [5.41, 5.74) is -0.0128. The fourth-order valence-corrected chi connectivity index (χ4v) is 6.37. The van der Waals surface area contributed by atoms with E-state index in [0.717, 1.165) is 18.4 Å². The van der Waals surface area contributed by atoms with E-state index in [1.165, 1.54) is 11.4 Å². The van der Waals surface area contributed by atoms with E-state index in [1.54, 1.807) is 18.0 Å². The summed E-state index contributed by atoms with van der Waals surface area (Å²) in [5.74, 6) is 1.00. The number of nitrogens with zero attached hydrogens (tertiary/aromatic N) is 4. The number of hydrogen-bond acceptors (Lipinski definition) is 8. The van der Waals surface area contributed by atoms with Gasteiger partial charge in [-0.05, 0) is 45.4 Å². The largest absolute Gasteiger partial charge is 0.388 e. The van der Waals surface area contributed by atoms with Crippen molar-refractivity contribution in [3.05, 3.63) is 11.8 Å². The summed E-state index contributed by atoms with van der Waals surface area (Å²) < 4.78 is 31.1. The lowest BCUT2D eigenvalue weighted by Crippen LogP contribution is -2.52. The average molecular weight is 468 g/mol. The van der Waals surface area contributed by atoms with E-state index in [-0.39, 0.29) is 30.4 Å². The molecule has 0 radical (unpaired) electrons. The molecule has 0 spiro atoms. The quantitative estimate of drug-likeness (QED) is 0.606. The summed E-state index contributed by atoms with van der Waals surface area (Å²) in [6.45, 7) is 2.85. The lowest BCUT2D eigenvalue weighted by atomic mass is 9.95. The molecule has 0 aromatic carbocycles. The van der Waals surface area contributed by atoms with Gasteiger partial charge in [0.15, 0.2) is 0 Å². The van der Waals surface area contributed by atoms with Crippen molar-refractivity contribution < 1.29 is 23.1 Å². The molecule has 3 aliphatic rings. The van der Waals surface area contributed by atoms with Crippen molar-refractivity contribution in [1.29, 1.82) is 0 Å². The van der Waals surface area contributed by atoms with Crippen LogP contribution in [0.25, 0.3) is 0 Å². The zero-order chi connectivity index (χ0) is 22.9. The second-order valence-corrected chi connectivity index (χ2v) is 11.3. The lowest BCUT2D eigenvalue weighted by molar-refractivity contribution is -0.120. The Balaban J connectivity index is 1.45. The topological polar surface area (TPSA) is 125 Å². The number of anilines is 2. The number of aryl methyl sites for hydroxylation is 1. The third-order valence-corrected chi connectivity index (χ3v) is 8.70. The van der Waals surface area contributed by atoms with E-state index in [9.17, 15) is 18.3 Å². The van der Waals surface area contributed by atoms with Crippen molar-refractivity contribution in [2.75, 3.05) is 42.8 Å². The first-order valence-corrected chi connectivity index (χ1v) is 13.0. The molecular weight excluding hydrogens is 434 g/mol. The molecule has 10 nitrogen and oxygen atoms in total. The number of rotatable bonds is 7. The van der Waals surface area contributed by atoms with Crippen molar-refractivity contribution in [3.8, 4) is 0 Å². The number of ether oxygens (including phenoxy) is 1. The number of aromatic nitrogens is 2. The van der Waals surface area contributed by atoms with Gasteiger partial charge in [-0.15, -0.1) is 0 Å². The first kappa shape index (κ1) is 23.3. The predicted octanol–water partition coefficient (Wildman–Crippen LogP) is 0.912. The van der Waals surface area contributed by atoms with Crippen LogP contribution in [0.2, 0.25) is 0 Å². The van der Waals surface area contributed by atoms with E-state index in [0.29, 0.717) is 57.0 Å². The number of hydrogen-bond donors (Lipinski definition) is 2. The van der Waals surface area contributed by atoms with E-state index in [2.05, 4.69) is 15.3 Å². The molecule has 4 rings (SSSR count). The molecule has 0 unspecified atom stereocenters. The highest BCUT2D eigenvalue weighted by Gasteiger charge is 2.45. The van der Waals surface area contributed by atoms with Gasteiger partial charge in [-0.25, -0.2) is 17.7 Å². The Morgan fingerprint density at radius 3 is 2.69 bits per heavy atom. The Kier molecular flexibility index (Phi) is 6.71. The average Bonchev–Trinajstić information content (AvgIpc) is 3.11. The van der Waals surface area contributed by atoms with Gasteiger partial charge in [0.2, 0.25) is 21.9 Å². The predicted molar refractivity (Wildman–Crippen MR) is 120 cm³/mol. The van der Waals surface area contributed by atoms with Crippen molar-refractivity contribution in [1.82, 2.24) is 14.3 Å². The normalized spacial score (nSPS) is 27.5. The maximum Gasteiger partial charge on any atom is 0.228 e. The second-order valence-electron chi connectivity index (χ2n) is 9.20. The van der Waals surface area contributed by atoms with Gasteiger partial charge >= 0.3 is 0 Å². The number of aliphatic hydroxyl groups is 1. The van der Waals surface area contributed by atoms with Crippen LogP contribution in [0.3, 0.4) is 0 Å². The van der Waals surface area contributed by atoms with Crippen LogP contribution < -0.4 is 10.2 Å². The molecule has 2 atom stereocenters. The van der Waals surface area contributed by atoms with Gasteiger partial charge in [-0.3, -0.25) is 9.69 Å². The molecule has 1 aromatic heterocycles. The molecule has 2 N–H and O–H groups in total. The number of fused-ring (bicyclic) bond motifs is 1. The number of sulfonamides is 1. The standard InChI is InChI=1S/C21H33N5O5S/c1-21(28)9-3-4-17(21)26-18(27)6-5-15-14-22-20(24-19(15)26)23-16-7-10-25(11-8-16)32(29,30)13-12-31-2/h14,16-17,28H,3-13H2,1-2H3,(H,22,23,24)/t17-,21-/m0/s1. The summed E-state index contributed by atoms with van der Waals surface area (Å²) in [7, 11) is -1.81. The van der Waals surface area contributed by atoms with Crippen LogP contribution >= 0.6 is 0 Å². The maximum absolute atomic E-state index is 12.8. The number of amides is 1. The Labute approximate surface area is 189 Å². The van der Waals surface area contributed by atoms with Crippen LogP contribution in [-0.4, -0.2) is 83.9 Å². The van der Waals surface area contributed by atoms with Gasteiger partial charge in [0.05, 0.1) is 24.0 Å². The van der Waals surface area contributed by atoms with Gasteiger partial charge in [-0.1, -0.05) is 0 Å². The van der Waals surface area contributed by atoms with Crippen LogP contribution in [0, 0.1) is 0 Å². The highest BCUT2D eigenvalue weighted by molar-refractivity contribution is 7.89. The molecule has 1 aromatic rings. The number of methoxy groups -OCH3 is 1. The van der Waals surface area contributed by atoms with Crippen molar-refractivity contribution in [2.24, 2.45) is 0 Å². The third-order valence-electron chi connectivity index (χ3n) is 6.86. The van der Waals surface area contributed by atoms with Crippen LogP contribution in [0.15, 0.2) is 6.20 Å². The number of nitrogens with one attached hydrogen (secondary N) is 1. The molecule has 0 bridgehead atoms. The molecular formula is C21H33N5O5S. The summed E-state index contributed by atoms with van der Waals surface area (Å²) in [6, 6.07) is -0.235. The molecule has 1 aliphatic carbocycles. The fourth-order valence-electron chi connectivity index (χ4n) is 4.97. The van der Waals surface area contributed by atoms with Gasteiger partial charge in [-0.2, -0.15) is 4.98 Å². The lowest BCUT2D eigenvalue weighted by Gasteiger charge is -2.39. The minimum Gasteiger partial charge on any atom is -0.388 e. The smallest absolute Gasteiger partial charge is 0.228 e. The summed E-state index contributed by atoms with van der Waals surface area (Å²) in [6.07, 6.45) is 6.33. The minimum atomic E-state index is -3.31. The third kappa shape index (κ3) is 4.75. The summed E-state index contributed by atoms with van der Waals surface area (Å²) in [4.78, 5) is 23.6. The van der Waals surface area contributed by atoms with E-state index in [4.69, 9.17) is 4.74 Å². The van der Waals surface area contributed by atoms with Crippen LogP contribution in [0.4, 0.5) is 11.8 Å². The van der Waals surface area contributed by atoms with Crippen LogP contribution in [0.5, 0.6) is 0 Å². The van der Waals surface area contributed by atoms with Gasteiger partial charge < -0.3 is 15.2 Å². The zero-order valence-electron chi connectivity index (χ0n) is 18.8. The Morgan fingerprint density at radius 2 is 2.03 bits per heavy atom. The second kappa shape index (κ2) is 9.20.